The fourth-order valence-electron chi connectivity index (χ4n) is 14.5. The molecule has 88 heavy (non-hydrogen) atoms. The summed E-state index contributed by atoms with van der Waals surface area (Å²) in [5.41, 5.74) is 8.92. The van der Waals surface area contributed by atoms with Crippen molar-refractivity contribution in [2.75, 3.05) is 90.8 Å². The number of aromatic hydroxyl groups is 2. The van der Waals surface area contributed by atoms with Crippen LogP contribution in [0.3, 0.4) is 0 Å². The van der Waals surface area contributed by atoms with Crippen molar-refractivity contribution < 1.29 is 91.6 Å². The van der Waals surface area contributed by atoms with E-state index < -0.39 is 64.9 Å². The average molecular weight is 1240 g/mol. The number of esters is 2. The highest BCUT2D eigenvalue weighted by Crippen LogP contribution is 2.69. The molecule has 10 atom stereocenters. The third-order valence-electron chi connectivity index (χ3n) is 18.7. The summed E-state index contributed by atoms with van der Waals surface area (Å²) >= 11 is 0. The van der Waals surface area contributed by atoms with Crippen molar-refractivity contribution >= 4 is 58.8 Å². The molecule has 4 fully saturated rings. The summed E-state index contributed by atoms with van der Waals surface area (Å²) in [4.78, 5) is 101. The number of unbranched alkanes of at least 4 members (excludes halogenated alkanes) is 3. The van der Waals surface area contributed by atoms with Crippen LogP contribution in [0.2, 0.25) is 0 Å². The highest BCUT2D eigenvalue weighted by Gasteiger charge is 2.64. The van der Waals surface area contributed by atoms with E-state index in [1.807, 2.05) is 6.92 Å². The molecule has 4 aliphatic rings. The zero-order chi connectivity index (χ0) is 64.2. The Bertz CT molecular complexity index is 2740. The number of rotatable bonds is 36. The van der Waals surface area contributed by atoms with Crippen LogP contribution < -0.4 is 42.2 Å². The van der Waals surface area contributed by atoms with Gasteiger partial charge in [-0.1, -0.05) is 46.5 Å². The first-order chi connectivity index (χ1) is 42.0. The average Bonchev–Trinajstić information content (AvgIpc) is 1.32. The molecule has 6 amide bonds. The number of hydrogen-bond donors (Lipinski definition) is 9. The van der Waals surface area contributed by atoms with Crippen LogP contribution in [0.15, 0.2) is 24.3 Å². The topological polar surface area (TPSA) is 371 Å². The van der Waals surface area contributed by atoms with Crippen LogP contribution in [0.5, 0.6) is 23.0 Å². The van der Waals surface area contributed by atoms with Crippen molar-refractivity contribution in [3.63, 3.8) is 0 Å². The van der Waals surface area contributed by atoms with E-state index in [1.54, 1.807) is 0 Å². The Morgan fingerprint density at radius 1 is 0.591 bits per heavy atom. The predicted octanol–water partition coefficient (Wildman–Crippen LogP) is 5.56. The normalized spacial score (nSPS) is 24.2. The second-order valence-corrected chi connectivity index (χ2v) is 24.4. The summed E-state index contributed by atoms with van der Waals surface area (Å²) in [5.74, 6) is -4.84. The highest BCUT2D eigenvalue weighted by atomic mass is 16.6. The number of anilines is 2. The number of primary amides is 2. The minimum atomic E-state index is -0.934. The molecule has 490 valence electrons. The van der Waals surface area contributed by atoms with E-state index >= 15 is 0 Å². The van der Waals surface area contributed by atoms with Gasteiger partial charge in [0.25, 0.3) is 11.8 Å². The molecule has 0 radical (unpaired) electrons. The van der Waals surface area contributed by atoms with Crippen LogP contribution in [0.4, 0.5) is 11.4 Å². The fraction of sp³-hybridized carbons (Fsp3) is 0.683. The monoisotopic (exact) mass is 1240 g/mol. The van der Waals surface area contributed by atoms with Gasteiger partial charge in [0.05, 0.1) is 83.7 Å². The molecule has 0 saturated heterocycles. The molecule has 0 spiro atoms. The largest absolute Gasteiger partial charge is 0.505 e. The molecule has 4 saturated carbocycles. The third-order valence-corrected chi connectivity index (χ3v) is 18.7. The van der Waals surface area contributed by atoms with E-state index in [-0.39, 0.29) is 166 Å². The Kier molecular flexibility index (Phi) is 26.5. The lowest BCUT2D eigenvalue weighted by atomic mass is 9.43. The number of methoxy groups -OCH3 is 2. The van der Waals surface area contributed by atoms with E-state index in [4.69, 9.17) is 49.4 Å². The van der Waals surface area contributed by atoms with Gasteiger partial charge in [0.1, 0.15) is 48.0 Å². The molecule has 6 rings (SSSR count). The number of nitrogens with two attached hydrogens (primary N) is 2. The van der Waals surface area contributed by atoms with Gasteiger partial charge in [-0.2, -0.15) is 0 Å². The minimum Gasteiger partial charge on any atom is -0.505 e. The van der Waals surface area contributed by atoms with E-state index in [2.05, 4.69) is 42.0 Å². The molecule has 2 aromatic rings. The number of carbonyl (C=O) groups excluding carboxylic acids is 8. The van der Waals surface area contributed by atoms with Gasteiger partial charge in [-0.3, -0.25) is 38.4 Å². The number of fused-ring (bicyclic) bond motifs is 5. The van der Waals surface area contributed by atoms with Crippen LogP contribution in [0, 0.1) is 40.4 Å². The van der Waals surface area contributed by atoms with Gasteiger partial charge in [-0.25, -0.2) is 0 Å². The van der Waals surface area contributed by atoms with Gasteiger partial charge in [-0.05, 0) is 123 Å². The molecule has 11 N–H and O–H groups in total. The van der Waals surface area contributed by atoms with Crippen molar-refractivity contribution in [1.82, 2.24) is 10.6 Å². The van der Waals surface area contributed by atoms with Crippen molar-refractivity contribution in [3.05, 3.63) is 35.4 Å². The number of ether oxygens (including phenoxy) is 8. The maximum atomic E-state index is 13.9. The number of aliphatic hydroxyl groups is 1. The lowest BCUT2D eigenvalue weighted by Crippen LogP contribution is -2.60. The van der Waals surface area contributed by atoms with E-state index in [1.165, 1.54) is 38.5 Å². The Hall–Kier alpha value is -6.80. The predicted molar refractivity (Wildman–Crippen MR) is 321 cm³/mol. The first-order valence-electron chi connectivity index (χ1n) is 30.9. The summed E-state index contributed by atoms with van der Waals surface area (Å²) in [7, 11) is 2.62. The number of amides is 6. The van der Waals surface area contributed by atoms with Crippen molar-refractivity contribution in [3.8, 4) is 23.0 Å². The first-order valence-corrected chi connectivity index (χ1v) is 30.9. The maximum Gasteiger partial charge on any atom is 0.306 e. The summed E-state index contributed by atoms with van der Waals surface area (Å²) < 4.78 is 44.4. The summed E-state index contributed by atoms with van der Waals surface area (Å²) in [5, 5.41) is 43.3. The van der Waals surface area contributed by atoms with Gasteiger partial charge in [0.2, 0.25) is 23.6 Å². The second kappa shape index (κ2) is 33.1. The van der Waals surface area contributed by atoms with Crippen LogP contribution in [0.25, 0.3) is 0 Å². The molecule has 0 heterocycles. The SMILES string of the molecule is CCCCCC[C@](C)(O)[C@H]1CC[C@H]2[C@@H]3C[C@H](OC(=O)CCC(=O)NCCOCCOCC(=O)Nc4ccc(OC)c(C(N)=O)c4O)[C@H]4C[C@@H](OC(=O)CCC(=O)NCCOCCOCC(=O)Nc5ccc(OC)c(C(N)=O)c5O)CC[C@]4(C)[C@H]3CC[C@@]21C. The Morgan fingerprint density at radius 3 is 1.60 bits per heavy atom. The molecule has 4 aliphatic carbocycles. The van der Waals surface area contributed by atoms with Crippen molar-refractivity contribution in [2.45, 2.75) is 155 Å². The van der Waals surface area contributed by atoms with Crippen LogP contribution >= 0.6 is 0 Å². The van der Waals surface area contributed by atoms with Gasteiger partial charge >= 0.3 is 11.9 Å². The van der Waals surface area contributed by atoms with Gasteiger partial charge < -0.3 is 85.9 Å². The van der Waals surface area contributed by atoms with Crippen LogP contribution in [-0.4, -0.2) is 161 Å². The third kappa shape index (κ3) is 18.6. The van der Waals surface area contributed by atoms with Crippen LogP contribution in [-0.2, 0) is 57.2 Å². The highest BCUT2D eigenvalue weighted by molar-refractivity contribution is 6.03. The number of hydrogen-bond acceptors (Lipinski definition) is 19. The fourth-order valence-corrected chi connectivity index (χ4v) is 14.5. The van der Waals surface area contributed by atoms with Crippen molar-refractivity contribution in [2.24, 2.45) is 51.9 Å². The Morgan fingerprint density at radius 2 is 1.09 bits per heavy atom. The number of phenols is 2. The molecule has 0 aliphatic heterocycles. The van der Waals surface area contributed by atoms with Crippen molar-refractivity contribution in [1.29, 1.82) is 0 Å². The molecular formula is C63H94N6O19. The number of benzene rings is 2. The molecule has 2 aromatic carbocycles. The summed E-state index contributed by atoms with van der Waals surface area (Å²) in [6, 6.07) is 5.47. The van der Waals surface area contributed by atoms with Crippen LogP contribution in [0.1, 0.15) is 158 Å². The first kappa shape index (κ1) is 70.3. The lowest BCUT2D eigenvalue weighted by Gasteiger charge is -2.63. The number of carbonyl (C=O) groups is 8. The Balaban J connectivity index is 0.939. The molecular weight excluding hydrogens is 1140 g/mol. The quantitative estimate of drug-likeness (QED) is 0.0229. The molecule has 25 heteroatoms. The zero-order valence-corrected chi connectivity index (χ0v) is 52.0. The Labute approximate surface area is 515 Å². The lowest BCUT2D eigenvalue weighted by molar-refractivity contribution is -0.201. The molecule has 0 aromatic heterocycles. The minimum absolute atomic E-state index is 0.0410. The summed E-state index contributed by atoms with van der Waals surface area (Å²) in [6.45, 7) is 9.04. The van der Waals surface area contributed by atoms with Gasteiger partial charge in [0, 0.05) is 31.8 Å². The standard InChI is InChI=1S/C63H94N6O19/c1-7-8-9-10-23-63(4,80)48-16-11-40-39-35-47(88-54(75)20-18-50(71)67-27-29-84-31-33-86-37-52(73)69-44-13-15-46(82-6)56(58(44)77)60(65)79)42-34-38(21-24-61(42,2)41(39)22-25-62(40,48)3)87-53(74)19-17-49(70)66-26-28-83-30-32-85-36-51(72)68-43-12-14-45(81-5)55(57(43)76)59(64)78/h12-15,38-42,47-48,76-77,80H,7-11,16-37H2,1-6H3,(H2,64,78)(H2,65,79)(H,66,70)(H,67,71)(H,68,72)(H,69,73)/t38-,39-,40-,41-,42+,47-,48-,61+,62-,63-/m0/s1. The van der Waals surface area contributed by atoms with Gasteiger partial charge in [0.15, 0.2) is 11.5 Å². The molecule has 0 bridgehead atoms. The summed E-state index contributed by atoms with van der Waals surface area (Å²) in [6.07, 6.45) is 10.1. The maximum absolute atomic E-state index is 13.9. The number of nitrogens with one attached hydrogen (secondary N) is 4. The van der Waals surface area contributed by atoms with E-state index in [0.717, 1.165) is 64.2 Å². The van der Waals surface area contributed by atoms with E-state index in [0.29, 0.717) is 31.1 Å². The molecule has 25 nitrogen and oxygen atoms in total. The van der Waals surface area contributed by atoms with Gasteiger partial charge in [-0.15, -0.1) is 0 Å². The zero-order valence-electron chi connectivity index (χ0n) is 52.0. The molecule has 0 unspecified atom stereocenters. The smallest absolute Gasteiger partial charge is 0.306 e. The second-order valence-electron chi connectivity index (χ2n) is 24.4. The van der Waals surface area contributed by atoms with E-state index in [9.17, 15) is 53.7 Å².